The smallest absolute Gasteiger partial charge is 0.251 e. The first-order valence-corrected chi connectivity index (χ1v) is 17.7. The van der Waals surface area contributed by atoms with Gasteiger partial charge in [-0.3, -0.25) is 19.2 Å². The molecular weight excluding hydrogens is 640 g/mol. The Kier molecular flexibility index (Phi) is 10.8. The van der Waals surface area contributed by atoms with E-state index in [0.717, 1.165) is 42.5 Å². The van der Waals surface area contributed by atoms with E-state index in [1.807, 2.05) is 42.5 Å². The summed E-state index contributed by atoms with van der Waals surface area (Å²) in [7, 11) is 0. The number of hydrogen-bond acceptors (Lipinski definition) is 6. The lowest BCUT2D eigenvalue weighted by molar-refractivity contribution is -0.140. The molecule has 1 spiro atoms. The van der Waals surface area contributed by atoms with Crippen LogP contribution in [0.25, 0.3) is 0 Å². The SMILES string of the molecule is NCc1ccc(C(=O)N[C@H](Cc2ccc(Cl)cc2)C(=O)N2CCC3(CC2)C(=O)N(CC(=O)NC2CCCCC2)CN3c2ccccc2)cc1. The Morgan fingerprint density at radius 3 is 2.18 bits per heavy atom. The predicted molar refractivity (Wildman–Crippen MR) is 190 cm³/mol. The van der Waals surface area contributed by atoms with Crippen LogP contribution in [0.5, 0.6) is 0 Å². The Balaban J connectivity index is 1.18. The van der Waals surface area contributed by atoms with Crippen LogP contribution in [0.4, 0.5) is 5.69 Å². The Bertz CT molecular complexity index is 1620. The zero-order valence-electron chi connectivity index (χ0n) is 27.8. The molecule has 2 saturated heterocycles. The first kappa shape index (κ1) is 34.5. The minimum atomic E-state index is -0.886. The Morgan fingerprint density at radius 2 is 1.53 bits per heavy atom. The molecule has 0 radical (unpaired) electrons. The van der Waals surface area contributed by atoms with Crippen molar-refractivity contribution in [1.29, 1.82) is 0 Å². The second kappa shape index (κ2) is 15.4. The topological polar surface area (TPSA) is 128 Å². The van der Waals surface area contributed by atoms with Crippen molar-refractivity contribution in [3.63, 3.8) is 0 Å². The molecule has 10 nitrogen and oxygen atoms in total. The average Bonchev–Trinajstić information content (AvgIpc) is 3.39. The van der Waals surface area contributed by atoms with E-state index >= 15 is 0 Å². The summed E-state index contributed by atoms with van der Waals surface area (Å²) in [5.41, 5.74) is 7.94. The molecule has 0 unspecified atom stereocenters. The fourth-order valence-corrected chi connectivity index (χ4v) is 7.55. The summed E-state index contributed by atoms with van der Waals surface area (Å²) in [5.74, 6) is -0.782. The van der Waals surface area contributed by atoms with Gasteiger partial charge in [0.05, 0.1) is 6.67 Å². The third-order valence-corrected chi connectivity index (χ3v) is 10.4. The first-order valence-electron chi connectivity index (χ1n) is 17.3. The molecule has 3 fully saturated rings. The van der Waals surface area contributed by atoms with Crippen molar-refractivity contribution < 1.29 is 19.2 Å². The number of para-hydroxylation sites is 1. The number of carbonyl (C=O) groups excluding carboxylic acids is 4. The predicted octanol–water partition coefficient (Wildman–Crippen LogP) is 4.26. The summed E-state index contributed by atoms with van der Waals surface area (Å²) in [5, 5.41) is 6.71. The number of nitrogens with zero attached hydrogens (tertiary/aromatic N) is 3. The molecule has 3 aliphatic rings. The third-order valence-electron chi connectivity index (χ3n) is 10.2. The highest BCUT2D eigenvalue weighted by molar-refractivity contribution is 6.30. The second-order valence-electron chi connectivity index (χ2n) is 13.4. The van der Waals surface area contributed by atoms with E-state index in [0.29, 0.717) is 49.7 Å². The van der Waals surface area contributed by atoms with Crippen LogP contribution in [0.2, 0.25) is 5.02 Å². The minimum absolute atomic E-state index is 0.00448. The zero-order chi connectivity index (χ0) is 34.4. The van der Waals surface area contributed by atoms with E-state index in [9.17, 15) is 19.2 Å². The van der Waals surface area contributed by atoms with Crippen molar-refractivity contribution in [2.24, 2.45) is 5.73 Å². The fraction of sp³-hybridized carbons (Fsp3) is 0.421. The highest BCUT2D eigenvalue weighted by Crippen LogP contribution is 2.39. The van der Waals surface area contributed by atoms with Gasteiger partial charge in [-0.25, -0.2) is 0 Å². The van der Waals surface area contributed by atoms with Gasteiger partial charge in [0.1, 0.15) is 18.1 Å². The lowest BCUT2D eigenvalue weighted by Gasteiger charge is -2.44. The summed E-state index contributed by atoms with van der Waals surface area (Å²) in [6.45, 7) is 1.33. The molecule has 49 heavy (non-hydrogen) atoms. The van der Waals surface area contributed by atoms with Crippen molar-refractivity contribution >= 4 is 40.9 Å². The standard InChI is InChI=1S/C38H45ClN6O4/c39-30-17-13-27(14-18-30)23-33(42-35(47)29-15-11-28(24-40)12-16-29)36(48)43-21-19-38(20-22-43)37(49)44(26-45(38)32-9-5-2-6-10-32)25-34(46)41-31-7-3-1-4-8-31/h2,5-6,9-18,31,33H,1,3-4,7-8,19-26,40H2,(H,41,46)(H,42,47)/t33-/m1/s1. The van der Waals surface area contributed by atoms with Gasteiger partial charge in [0.2, 0.25) is 11.8 Å². The highest BCUT2D eigenvalue weighted by atomic mass is 35.5. The largest absolute Gasteiger partial charge is 0.352 e. The molecule has 6 rings (SSSR count). The van der Waals surface area contributed by atoms with Gasteiger partial charge >= 0.3 is 0 Å². The van der Waals surface area contributed by atoms with Crippen LogP contribution >= 0.6 is 11.6 Å². The summed E-state index contributed by atoms with van der Waals surface area (Å²) >= 11 is 6.12. The molecule has 11 heteroatoms. The fourth-order valence-electron chi connectivity index (χ4n) is 7.42. The molecule has 1 saturated carbocycles. The van der Waals surface area contributed by atoms with Crippen LogP contribution in [0.1, 0.15) is 66.4 Å². The Hall–Kier alpha value is -4.41. The molecule has 2 heterocycles. The lowest BCUT2D eigenvalue weighted by atomic mass is 9.85. The molecule has 258 valence electrons. The van der Waals surface area contributed by atoms with Gasteiger partial charge in [0, 0.05) is 48.4 Å². The molecule has 1 atom stereocenters. The van der Waals surface area contributed by atoms with Gasteiger partial charge in [0.25, 0.3) is 11.8 Å². The zero-order valence-corrected chi connectivity index (χ0v) is 28.5. The number of hydrogen-bond donors (Lipinski definition) is 3. The van der Waals surface area contributed by atoms with E-state index in [-0.39, 0.29) is 42.6 Å². The van der Waals surface area contributed by atoms with Gasteiger partial charge in [-0.15, -0.1) is 0 Å². The third kappa shape index (κ3) is 7.92. The van der Waals surface area contributed by atoms with Gasteiger partial charge < -0.3 is 31.1 Å². The minimum Gasteiger partial charge on any atom is -0.352 e. The van der Waals surface area contributed by atoms with Crippen molar-refractivity contribution in [3.8, 4) is 0 Å². The van der Waals surface area contributed by atoms with Gasteiger partial charge in [-0.05, 0) is 73.2 Å². The molecule has 2 aliphatic heterocycles. The number of amides is 4. The number of piperidine rings is 1. The molecule has 0 aromatic heterocycles. The maximum atomic E-state index is 14.2. The molecular formula is C38H45ClN6O4. The number of nitrogens with two attached hydrogens (primary N) is 1. The van der Waals surface area contributed by atoms with Crippen LogP contribution in [0.3, 0.4) is 0 Å². The summed E-state index contributed by atoms with van der Waals surface area (Å²) < 4.78 is 0. The van der Waals surface area contributed by atoms with Crippen LogP contribution in [-0.4, -0.2) is 77.4 Å². The van der Waals surface area contributed by atoms with E-state index in [4.69, 9.17) is 17.3 Å². The maximum Gasteiger partial charge on any atom is 0.251 e. The van der Waals surface area contributed by atoms with E-state index in [2.05, 4.69) is 15.5 Å². The maximum absolute atomic E-state index is 14.2. The van der Waals surface area contributed by atoms with Crippen molar-refractivity contribution in [3.05, 3.63) is 101 Å². The number of likely N-dealkylation sites (tertiary alicyclic amines) is 1. The monoisotopic (exact) mass is 684 g/mol. The van der Waals surface area contributed by atoms with Crippen LogP contribution in [-0.2, 0) is 27.3 Å². The van der Waals surface area contributed by atoms with Crippen LogP contribution < -0.4 is 21.3 Å². The van der Waals surface area contributed by atoms with Gasteiger partial charge in [-0.1, -0.05) is 73.3 Å². The molecule has 4 amide bonds. The second-order valence-corrected chi connectivity index (χ2v) is 13.9. The molecule has 4 N–H and O–H groups in total. The number of rotatable bonds is 10. The quantitative estimate of drug-likeness (QED) is 0.293. The van der Waals surface area contributed by atoms with Crippen molar-refractivity contribution in [2.45, 2.75) is 75.5 Å². The number of nitrogens with one attached hydrogen (secondary N) is 2. The van der Waals surface area contributed by atoms with Crippen LogP contribution in [0.15, 0.2) is 78.9 Å². The van der Waals surface area contributed by atoms with Crippen LogP contribution in [0, 0.1) is 0 Å². The highest BCUT2D eigenvalue weighted by Gasteiger charge is 2.54. The normalized spacial score (nSPS) is 18.4. The summed E-state index contributed by atoms with van der Waals surface area (Å²) in [4.78, 5) is 60.4. The molecule has 0 bridgehead atoms. The molecule has 3 aromatic rings. The Morgan fingerprint density at radius 1 is 0.878 bits per heavy atom. The number of benzene rings is 3. The summed E-state index contributed by atoms with van der Waals surface area (Å²) in [6, 6.07) is 23.4. The van der Waals surface area contributed by atoms with E-state index in [1.54, 1.807) is 46.2 Å². The van der Waals surface area contributed by atoms with Crippen molar-refractivity contribution in [1.82, 2.24) is 20.4 Å². The summed E-state index contributed by atoms with van der Waals surface area (Å²) in [6.07, 6.45) is 6.45. The Labute approximate surface area is 292 Å². The van der Waals surface area contributed by atoms with Crippen molar-refractivity contribution in [2.75, 3.05) is 31.2 Å². The van der Waals surface area contributed by atoms with E-state index in [1.165, 1.54) is 6.42 Å². The lowest BCUT2D eigenvalue weighted by Crippen LogP contribution is -2.60. The average molecular weight is 685 g/mol. The molecule has 3 aromatic carbocycles. The van der Waals surface area contributed by atoms with Gasteiger partial charge in [0.15, 0.2) is 0 Å². The van der Waals surface area contributed by atoms with Gasteiger partial charge in [-0.2, -0.15) is 0 Å². The number of anilines is 1. The number of halogens is 1. The molecule has 1 aliphatic carbocycles. The number of carbonyl (C=O) groups is 4. The first-order chi connectivity index (χ1) is 23.8. The van der Waals surface area contributed by atoms with E-state index < -0.39 is 11.6 Å².